The largest absolute Gasteiger partial charge is 0.503 e. The Morgan fingerprint density at radius 1 is 0.968 bits per heavy atom. The molecule has 6 nitrogen and oxygen atoms in total. The molecule has 0 bridgehead atoms. The zero-order valence-corrected chi connectivity index (χ0v) is 17.6. The molecule has 0 spiro atoms. The summed E-state index contributed by atoms with van der Waals surface area (Å²) in [5.41, 5.74) is 1.62. The molecular formula is C25H24N2O4. The van der Waals surface area contributed by atoms with Crippen LogP contribution in [-0.4, -0.2) is 16.8 Å². The van der Waals surface area contributed by atoms with Gasteiger partial charge in [-0.05, 0) is 48.5 Å². The predicted molar refractivity (Wildman–Crippen MR) is 119 cm³/mol. The minimum atomic E-state index is -0.831. The Morgan fingerprint density at radius 2 is 1.61 bits per heavy atom. The zero-order chi connectivity index (χ0) is 22.2. The van der Waals surface area contributed by atoms with Gasteiger partial charge in [-0.15, -0.1) is 0 Å². The molecule has 2 heterocycles. The van der Waals surface area contributed by atoms with Gasteiger partial charge in [0.1, 0.15) is 11.8 Å². The number of hydrogen-bond acceptors (Lipinski definition) is 5. The van der Waals surface area contributed by atoms with Crippen LogP contribution in [0.1, 0.15) is 32.6 Å². The van der Waals surface area contributed by atoms with E-state index in [1.165, 1.54) is 11.2 Å². The third kappa shape index (κ3) is 3.84. The molecule has 0 fully saturated rings. The lowest BCUT2D eigenvalue weighted by Crippen LogP contribution is -2.32. The van der Waals surface area contributed by atoms with Crippen LogP contribution in [0.25, 0.3) is 0 Å². The normalized spacial score (nSPS) is 16.7. The fourth-order valence-corrected chi connectivity index (χ4v) is 3.62. The van der Waals surface area contributed by atoms with Crippen molar-refractivity contribution in [3.05, 3.63) is 90.1 Å². The van der Waals surface area contributed by atoms with Crippen LogP contribution in [0.3, 0.4) is 0 Å². The molecule has 6 heteroatoms. The monoisotopic (exact) mass is 416 g/mol. The molecule has 1 aromatic heterocycles. The fraction of sp³-hybridized carbons (Fsp3) is 0.200. The first-order chi connectivity index (χ1) is 14.8. The lowest BCUT2D eigenvalue weighted by atomic mass is 9.83. The average molecular weight is 416 g/mol. The molecule has 1 atom stereocenters. The highest BCUT2D eigenvalue weighted by atomic mass is 16.3. The van der Waals surface area contributed by atoms with Crippen LogP contribution in [-0.2, 0) is 9.59 Å². The number of ketones is 1. The summed E-state index contributed by atoms with van der Waals surface area (Å²) in [5, 5.41) is 13.9. The molecule has 1 amide bonds. The van der Waals surface area contributed by atoms with Gasteiger partial charge in [-0.1, -0.05) is 39.0 Å². The van der Waals surface area contributed by atoms with E-state index in [-0.39, 0.29) is 11.4 Å². The predicted octanol–water partition coefficient (Wildman–Crippen LogP) is 5.54. The molecule has 1 aliphatic heterocycles. The SMILES string of the molecule is CC(C)(C)C(=O)C1=C(O)C(=O)N(c2ccc(Nc3ccccc3)cc2)C1c1ccco1. The summed E-state index contributed by atoms with van der Waals surface area (Å²) < 4.78 is 5.56. The van der Waals surface area contributed by atoms with E-state index >= 15 is 0 Å². The quantitative estimate of drug-likeness (QED) is 0.571. The number of furan rings is 1. The van der Waals surface area contributed by atoms with Crippen molar-refractivity contribution in [2.75, 3.05) is 10.2 Å². The van der Waals surface area contributed by atoms with Crippen LogP contribution >= 0.6 is 0 Å². The molecular weight excluding hydrogens is 392 g/mol. The standard InChI is InChI=1S/C25H24N2O4/c1-25(2,3)23(29)20-21(19-10-7-15-31-19)27(24(30)22(20)28)18-13-11-17(12-14-18)26-16-8-5-4-6-9-16/h4-15,21,26,28H,1-3H3. The van der Waals surface area contributed by atoms with Gasteiger partial charge in [0.15, 0.2) is 11.5 Å². The van der Waals surface area contributed by atoms with Gasteiger partial charge in [0.05, 0.1) is 11.8 Å². The fourth-order valence-electron chi connectivity index (χ4n) is 3.62. The van der Waals surface area contributed by atoms with Crippen molar-refractivity contribution in [1.29, 1.82) is 0 Å². The Labute approximate surface area is 180 Å². The highest BCUT2D eigenvalue weighted by Crippen LogP contribution is 2.43. The summed E-state index contributed by atoms with van der Waals surface area (Å²) in [6.45, 7) is 5.27. The number of carbonyl (C=O) groups is 2. The summed E-state index contributed by atoms with van der Waals surface area (Å²) in [5.74, 6) is -1.05. The molecule has 0 aliphatic carbocycles. The molecule has 2 aromatic carbocycles. The molecule has 3 aromatic rings. The van der Waals surface area contributed by atoms with E-state index in [0.717, 1.165) is 11.4 Å². The summed E-state index contributed by atoms with van der Waals surface area (Å²) in [6.07, 6.45) is 1.49. The number of para-hydroxylation sites is 1. The van der Waals surface area contributed by atoms with Gasteiger partial charge in [-0.25, -0.2) is 0 Å². The Bertz CT molecular complexity index is 1120. The topological polar surface area (TPSA) is 82.8 Å². The van der Waals surface area contributed by atoms with E-state index in [2.05, 4.69) is 5.32 Å². The Morgan fingerprint density at radius 3 is 2.19 bits per heavy atom. The van der Waals surface area contributed by atoms with Gasteiger partial charge in [0, 0.05) is 22.5 Å². The molecule has 0 saturated carbocycles. The Hall–Kier alpha value is -3.80. The first-order valence-electron chi connectivity index (χ1n) is 10.0. The highest BCUT2D eigenvalue weighted by molar-refractivity contribution is 6.17. The molecule has 1 aliphatic rings. The number of rotatable bonds is 5. The summed E-state index contributed by atoms with van der Waals surface area (Å²) in [6, 6.07) is 19.5. The van der Waals surface area contributed by atoms with Gasteiger partial charge in [-0.2, -0.15) is 0 Å². The number of anilines is 3. The number of nitrogens with zero attached hydrogens (tertiary/aromatic N) is 1. The number of hydrogen-bond donors (Lipinski definition) is 2. The second-order valence-electron chi connectivity index (χ2n) is 8.47. The molecule has 31 heavy (non-hydrogen) atoms. The van der Waals surface area contributed by atoms with E-state index in [0.29, 0.717) is 11.4 Å². The molecule has 4 rings (SSSR count). The molecule has 0 saturated heterocycles. The van der Waals surface area contributed by atoms with Crippen LogP contribution < -0.4 is 10.2 Å². The number of Topliss-reactive ketones (excluding diaryl/α,β-unsaturated/α-hetero) is 1. The van der Waals surface area contributed by atoms with Crippen LogP contribution in [0.4, 0.5) is 17.1 Å². The minimum absolute atomic E-state index is 0.0546. The van der Waals surface area contributed by atoms with Crippen molar-refractivity contribution >= 4 is 28.8 Å². The second kappa shape index (κ2) is 7.80. The van der Waals surface area contributed by atoms with Crippen molar-refractivity contribution in [1.82, 2.24) is 0 Å². The number of amides is 1. The van der Waals surface area contributed by atoms with E-state index in [1.807, 2.05) is 42.5 Å². The second-order valence-corrected chi connectivity index (χ2v) is 8.47. The van der Waals surface area contributed by atoms with Crippen molar-refractivity contribution in [3.8, 4) is 0 Å². The van der Waals surface area contributed by atoms with Crippen LogP contribution in [0.5, 0.6) is 0 Å². The van der Waals surface area contributed by atoms with Crippen molar-refractivity contribution < 1.29 is 19.1 Å². The Balaban J connectivity index is 1.70. The Kier molecular flexibility index (Phi) is 5.15. The number of benzene rings is 2. The maximum Gasteiger partial charge on any atom is 0.294 e. The van der Waals surface area contributed by atoms with Gasteiger partial charge >= 0.3 is 0 Å². The van der Waals surface area contributed by atoms with E-state index in [1.54, 1.807) is 45.0 Å². The van der Waals surface area contributed by atoms with Crippen molar-refractivity contribution in [2.24, 2.45) is 5.41 Å². The highest BCUT2D eigenvalue weighted by Gasteiger charge is 2.47. The van der Waals surface area contributed by atoms with Crippen molar-refractivity contribution in [3.63, 3.8) is 0 Å². The van der Waals surface area contributed by atoms with Crippen LogP contribution in [0, 0.1) is 5.41 Å². The molecule has 2 N–H and O–H groups in total. The third-order valence-electron chi connectivity index (χ3n) is 5.15. The summed E-state index contributed by atoms with van der Waals surface area (Å²) in [4.78, 5) is 27.6. The number of aliphatic hydroxyl groups is 1. The molecule has 0 radical (unpaired) electrons. The van der Waals surface area contributed by atoms with Gasteiger partial charge in [-0.3, -0.25) is 14.5 Å². The van der Waals surface area contributed by atoms with E-state index in [4.69, 9.17) is 4.42 Å². The van der Waals surface area contributed by atoms with Crippen LogP contribution in [0.2, 0.25) is 0 Å². The minimum Gasteiger partial charge on any atom is -0.503 e. The third-order valence-corrected chi connectivity index (χ3v) is 5.15. The van der Waals surface area contributed by atoms with Gasteiger partial charge in [0.2, 0.25) is 0 Å². The number of carbonyl (C=O) groups excluding carboxylic acids is 2. The number of aliphatic hydroxyl groups excluding tert-OH is 1. The maximum atomic E-state index is 13.1. The first-order valence-corrected chi connectivity index (χ1v) is 10.0. The smallest absolute Gasteiger partial charge is 0.294 e. The lowest BCUT2D eigenvalue weighted by Gasteiger charge is -2.27. The summed E-state index contributed by atoms with van der Waals surface area (Å²) >= 11 is 0. The summed E-state index contributed by atoms with van der Waals surface area (Å²) in [7, 11) is 0. The zero-order valence-electron chi connectivity index (χ0n) is 17.6. The number of nitrogens with one attached hydrogen (secondary N) is 1. The van der Waals surface area contributed by atoms with E-state index < -0.39 is 23.1 Å². The van der Waals surface area contributed by atoms with Crippen LogP contribution in [0.15, 0.2) is 88.7 Å². The first kappa shape index (κ1) is 20.5. The lowest BCUT2D eigenvalue weighted by molar-refractivity contribution is -0.123. The average Bonchev–Trinajstić information content (AvgIpc) is 3.36. The maximum absolute atomic E-state index is 13.1. The van der Waals surface area contributed by atoms with Crippen molar-refractivity contribution in [2.45, 2.75) is 26.8 Å². The van der Waals surface area contributed by atoms with Gasteiger partial charge < -0.3 is 14.8 Å². The molecule has 1 unspecified atom stereocenters. The van der Waals surface area contributed by atoms with Gasteiger partial charge in [0.25, 0.3) is 5.91 Å². The van der Waals surface area contributed by atoms with E-state index in [9.17, 15) is 14.7 Å². The molecule has 158 valence electrons.